The van der Waals surface area contributed by atoms with Gasteiger partial charge in [0.2, 0.25) is 5.91 Å². The predicted molar refractivity (Wildman–Crippen MR) is 134 cm³/mol. The number of hydrogen-bond donors (Lipinski definition) is 1. The van der Waals surface area contributed by atoms with Gasteiger partial charge in [0.15, 0.2) is 0 Å². The van der Waals surface area contributed by atoms with Gasteiger partial charge < -0.3 is 5.32 Å². The molecule has 0 saturated carbocycles. The largest absolute Gasteiger partial charge is 0.322 e. The molecule has 32 heavy (non-hydrogen) atoms. The minimum atomic E-state index is -0.133. The molecule has 166 valence electrons. The van der Waals surface area contributed by atoms with Crippen molar-refractivity contribution in [2.45, 2.75) is 27.3 Å². The molecule has 6 heteroatoms. The first-order valence-electron chi connectivity index (χ1n) is 11.0. The van der Waals surface area contributed by atoms with E-state index in [4.69, 9.17) is 0 Å². The molecule has 5 nitrogen and oxygen atoms in total. The van der Waals surface area contributed by atoms with E-state index in [1.165, 1.54) is 17.1 Å². The minimum Gasteiger partial charge on any atom is -0.322 e. The van der Waals surface area contributed by atoms with E-state index in [9.17, 15) is 4.79 Å². The maximum absolute atomic E-state index is 12.7. The molecule has 0 radical (unpaired) electrons. The third-order valence-electron chi connectivity index (χ3n) is 5.82. The van der Waals surface area contributed by atoms with E-state index < -0.39 is 0 Å². The van der Waals surface area contributed by atoms with E-state index in [-0.39, 0.29) is 5.91 Å². The summed E-state index contributed by atoms with van der Waals surface area (Å²) in [6, 6.07) is 16.4. The number of nitrogens with one attached hydrogen (secondary N) is 1. The van der Waals surface area contributed by atoms with Crippen LogP contribution in [0, 0.1) is 20.8 Å². The molecule has 1 amide bonds. The number of para-hydroxylation sites is 1. The van der Waals surface area contributed by atoms with Gasteiger partial charge in [-0.05, 0) is 56.2 Å². The predicted octanol–water partition coefficient (Wildman–Crippen LogP) is 5.00. The Morgan fingerprint density at radius 2 is 1.84 bits per heavy atom. The maximum Gasteiger partial charge on any atom is 0.248 e. The normalized spacial score (nSPS) is 14.7. The van der Waals surface area contributed by atoms with Crippen LogP contribution in [0.15, 0.2) is 54.6 Å². The Balaban J connectivity index is 1.46. The van der Waals surface area contributed by atoms with E-state index >= 15 is 0 Å². The van der Waals surface area contributed by atoms with Crippen molar-refractivity contribution in [1.29, 1.82) is 0 Å². The lowest BCUT2D eigenvalue weighted by molar-refractivity contribution is -0.111. The lowest BCUT2D eigenvalue weighted by Gasteiger charge is -2.26. The highest BCUT2D eigenvalue weighted by Crippen LogP contribution is 2.21. The summed E-state index contributed by atoms with van der Waals surface area (Å²) in [5.74, 6) is 2.26. The SMILES string of the molecule is Cc1ccc(CN2CCSCC2)cc1NC(=O)/C=C/c1c(C)nn(-c2ccccc2)c1C. The zero-order valence-corrected chi connectivity index (χ0v) is 19.8. The van der Waals surface area contributed by atoms with Crippen LogP contribution < -0.4 is 5.32 Å². The van der Waals surface area contributed by atoms with Crippen molar-refractivity contribution in [1.82, 2.24) is 14.7 Å². The molecule has 1 aliphatic rings. The number of aryl methyl sites for hydroxylation is 2. The summed E-state index contributed by atoms with van der Waals surface area (Å²) in [7, 11) is 0. The van der Waals surface area contributed by atoms with Crippen molar-refractivity contribution < 1.29 is 4.79 Å². The number of aromatic nitrogens is 2. The molecule has 1 aliphatic heterocycles. The van der Waals surface area contributed by atoms with Crippen LogP contribution in [0.4, 0.5) is 5.69 Å². The first-order chi connectivity index (χ1) is 15.5. The van der Waals surface area contributed by atoms with Crippen LogP contribution in [0.2, 0.25) is 0 Å². The van der Waals surface area contributed by atoms with E-state index in [0.29, 0.717) is 0 Å². The highest BCUT2D eigenvalue weighted by Gasteiger charge is 2.13. The zero-order valence-electron chi connectivity index (χ0n) is 19.0. The average molecular weight is 447 g/mol. The standard InChI is InChI=1S/C26H30N4OS/c1-19-9-10-22(18-29-13-15-32-16-14-29)17-25(19)27-26(31)12-11-24-20(2)28-30(21(24)3)23-7-5-4-6-8-23/h4-12,17H,13-16,18H2,1-3H3,(H,27,31)/b12-11+. The molecule has 1 fully saturated rings. The van der Waals surface area contributed by atoms with E-state index in [0.717, 1.165) is 53.5 Å². The van der Waals surface area contributed by atoms with Crippen LogP contribution in [0.1, 0.15) is 28.1 Å². The minimum absolute atomic E-state index is 0.133. The second-order valence-electron chi connectivity index (χ2n) is 8.19. The molecule has 2 aromatic carbocycles. The Kier molecular flexibility index (Phi) is 7.12. The topological polar surface area (TPSA) is 50.2 Å². The summed E-state index contributed by atoms with van der Waals surface area (Å²) < 4.78 is 1.92. The van der Waals surface area contributed by atoms with Gasteiger partial charge in [0.05, 0.1) is 11.4 Å². The third-order valence-corrected chi connectivity index (χ3v) is 6.76. The molecule has 1 aromatic heterocycles. The number of thioether (sulfide) groups is 1. The fourth-order valence-corrected chi connectivity index (χ4v) is 4.95. The van der Waals surface area contributed by atoms with Crippen molar-refractivity contribution in [3.8, 4) is 5.69 Å². The molecule has 3 aromatic rings. The smallest absolute Gasteiger partial charge is 0.248 e. The van der Waals surface area contributed by atoms with Gasteiger partial charge in [0, 0.05) is 54.2 Å². The molecule has 1 saturated heterocycles. The van der Waals surface area contributed by atoms with Crippen molar-refractivity contribution in [3.63, 3.8) is 0 Å². The maximum atomic E-state index is 12.7. The fraction of sp³-hybridized carbons (Fsp3) is 0.308. The van der Waals surface area contributed by atoms with Gasteiger partial charge >= 0.3 is 0 Å². The monoisotopic (exact) mass is 446 g/mol. The van der Waals surface area contributed by atoms with Crippen LogP contribution in [0.3, 0.4) is 0 Å². The summed E-state index contributed by atoms with van der Waals surface area (Å²) in [5.41, 5.74) is 7.06. The Bertz CT molecular complexity index is 1110. The zero-order chi connectivity index (χ0) is 22.5. The van der Waals surface area contributed by atoms with Gasteiger partial charge in [-0.3, -0.25) is 9.69 Å². The molecule has 0 bridgehead atoms. The van der Waals surface area contributed by atoms with Gasteiger partial charge in [-0.2, -0.15) is 16.9 Å². The first kappa shape index (κ1) is 22.4. The van der Waals surface area contributed by atoms with Crippen LogP contribution in [0.25, 0.3) is 11.8 Å². The van der Waals surface area contributed by atoms with E-state index in [1.54, 1.807) is 6.08 Å². The molecule has 1 N–H and O–H groups in total. The average Bonchev–Trinajstić information content (AvgIpc) is 3.09. The van der Waals surface area contributed by atoms with Crippen molar-refractivity contribution >= 4 is 29.4 Å². The number of nitrogens with zero attached hydrogens (tertiary/aromatic N) is 3. The first-order valence-corrected chi connectivity index (χ1v) is 12.2. The second-order valence-corrected chi connectivity index (χ2v) is 9.42. The Hall–Kier alpha value is -2.83. The molecule has 0 atom stereocenters. The summed E-state index contributed by atoms with van der Waals surface area (Å²) in [5, 5.41) is 7.71. The molecular formula is C26H30N4OS. The molecular weight excluding hydrogens is 416 g/mol. The number of benzene rings is 2. The Labute approximate surface area is 194 Å². The number of amides is 1. The Morgan fingerprint density at radius 3 is 2.59 bits per heavy atom. The molecule has 0 unspecified atom stereocenters. The summed E-state index contributed by atoms with van der Waals surface area (Å²) in [6.45, 7) is 9.19. The number of carbonyl (C=O) groups excluding carboxylic acids is 1. The Morgan fingerprint density at radius 1 is 1.09 bits per heavy atom. The highest BCUT2D eigenvalue weighted by molar-refractivity contribution is 7.99. The summed E-state index contributed by atoms with van der Waals surface area (Å²) in [4.78, 5) is 15.2. The van der Waals surface area contributed by atoms with Gasteiger partial charge in [-0.15, -0.1) is 0 Å². The van der Waals surface area contributed by atoms with Crippen LogP contribution >= 0.6 is 11.8 Å². The number of hydrogen-bond acceptors (Lipinski definition) is 4. The summed E-state index contributed by atoms with van der Waals surface area (Å²) in [6.07, 6.45) is 3.46. The van der Waals surface area contributed by atoms with Crippen molar-refractivity contribution in [3.05, 3.63) is 82.7 Å². The second kappa shape index (κ2) is 10.2. The summed E-state index contributed by atoms with van der Waals surface area (Å²) >= 11 is 2.02. The molecule has 2 heterocycles. The van der Waals surface area contributed by atoms with Crippen molar-refractivity contribution in [2.24, 2.45) is 0 Å². The lowest BCUT2D eigenvalue weighted by atomic mass is 10.1. The van der Waals surface area contributed by atoms with Gasteiger partial charge in [-0.25, -0.2) is 4.68 Å². The van der Waals surface area contributed by atoms with Crippen molar-refractivity contribution in [2.75, 3.05) is 29.9 Å². The fourth-order valence-electron chi connectivity index (χ4n) is 3.97. The van der Waals surface area contributed by atoms with Crippen LogP contribution in [-0.4, -0.2) is 45.2 Å². The van der Waals surface area contributed by atoms with E-state index in [1.807, 2.05) is 73.6 Å². The van der Waals surface area contributed by atoms with Gasteiger partial charge in [0.25, 0.3) is 0 Å². The van der Waals surface area contributed by atoms with Crippen LogP contribution in [0.5, 0.6) is 0 Å². The number of anilines is 1. The molecule has 4 rings (SSSR count). The van der Waals surface area contributed by atoms with Gasteiger partial charge in [0.1, 0.15) is 0 Å². The van der Waals surface area contributed by atoms with Gasteiger partial charge in [-0.1, -0.05) is 30.3 Å². The van der Waals surface area contributed by atoms with Crippen LogP contribution in [-0.2, 0) is 11.3 Å². The molecule has 0 spiro atoms. The highest BCUT2D eigenvalue weighted by atomic mass is 32.2. The quantitative estimate of drug-likeness (QED) is 0.542. The number of rotatable bonds is 6. The lowest BCUT2D eigenvalue weighted by Crippen LogP contribution is -2.31. The number of carbonyl (C=O) groups is 1. The van der Waals surface area contributed by atoms with E-state index in [2.05, 4.69) is 33.5 Å². The molecule has 0 aliphatic carbocycles. The third kappa shape index (κ3) is 5.31.